The van der Waals surface area contributed by atoms with Gasteiger partial charge in [-0.3, -0.25) is 9.11 Å². The number of aliphatic hydroxyl groups excluding tert-OH is 19. The second-order valence-corrected chi connectivity index (χ2v) is 26.6. The van der Waals surface area contributed by atoms with E-state index >= 15 is 0 Å². The molecule has 0 aromatic carbocycles. The van der Waals surface area contributed by atoms with Crippen LogP contribution in [-0.2, 0) is 96.0 Å². The van der Waals surface area contributed by atoms with Gasteiger partial charge in [0.05, 0.1) is 57.8 Å². The molecule has 93 heavy (non-hydrogen) atoms. The van der Waals surface area contributed by atoms with Crippen LogP contribution >= 0.6 is 0 Å². The van der Waals surface area contributed by atoms with Crippen LogP contribution in [0, 0.1) is 0 Å². The minimum atomic E-state index is -4.40. The molecule has 21 rings (SSSR count). The first-order chi connectivity index (χ1) is 43.9. The molecule has 41 nitrogen and oxygen atoms in total. The van der Waals surface area contributed by atoms with Gasteiger partial charge in [-0.25, -0.2) is 0 Å². The average molecular weight is 1410 g/mol. The Balaban J connectivity index is 1.11. The van der Waals surface area contributed by atoms with Crippen LogP contribution in [0.25, 0.3) is 0 Å². The van der Waals surface area contributed by atoms with Crippen molar-refractivity contribution in [3.63, 3.8) is 0 Å². The Morgan fingerprint density at radius 3 is 0.591 bits per heavy atom. The second-order valence-electron chi connectivity index (χ2n) is 23.4. The summed E-state index contributed by atoms with van der Waals surface area (Å²) in [7, 11) is -8.80. The van der Waals surface area contributed by atoms with Crippen molar-refractivity contribution in [2.75, 3.05) is 71.0 Å². The highest BCUT2D eigenvalue weighted by molar-refractivity contribution is 7.86. The topological polar surface area (TPSA) is 641 Å². The maximum Gasteiger partial charge on any atom is 0.264 e. The molecule has 35 atom stereocenters. The largest absolute Gasteiger partial charge is 0.394 e. The number of aliphatic hydroxyl groups is 19. The van der Waals surface area contributed by atoms with Crippen LogP contribution in [0.2, 0.25) is 0 Å². The quantitative estimate of drug-likeness (QED) is 0.0422. The van der Waals surface area contributed by atoms with Gasteiger partial charge in [0, 0.05) is 13.2 Å². The highest BCUT2D eigenvalue weighted by atomic mass is 32.2. The van der Waals surface area contributed by atoms with Crippen LogP contribution in [0.1, 0.15) is 25.7 Å². The minimum absolute atomic E-state index is 0.0248. The van der Waals surface area contributed by atoms with E-state index in [0.29, 0.717) is 0 Å². The molecular weight excluding hydrogens is 1320 g/mol. The van der Waals surface area contributed by atoms with Crippen LogP contribution in [0.4, 0.5) is 0 Å². The van der Waals surface area contributed by atoms with Gasteiger partial charge >= 0.3 is 0 Å². The van der Waals surface area contributed by atoms with Crippen LogP contribution in [0.3, 0.4) is 0 Å². The monoisotopic (exact) mass is 1410 g/mol. The van der Waals surface area contributed by atoms with Gasteiger partial charge in [-0.2, -0.15) is 16.8 Å². The SMILES string of the molecule is O=S(=O)(O)CCCCOC[C@H]1O[C@@H]2O[C@H]3[C@H](O)[C@@H](O)[C@@H](O[C@H]4[C@H](O)[C@@H](O)[C@@H](O[C@H]5[C@H](O)[C@@H](O)[C@@H](O[C@H]6[C@H](O)[C@@H](O)[C@@H](O[C@H]7[C@H](O)[C@@H](O)[C@@H](O[C@H]8[C@H](O)[C@@H](O)[C@@H](O[C@H]1[C@H](O)[C@H]2O)O[C@@H]8CO)O[C@@H]7CO)O[C@@H]6CO)O[C@@H]5CO)O[C@@H]4CO)O[C@@H]3COCCCCS(=O)(=O)O. The van der Waals surface area contributed by atoms with E-state index in [0.717, 1.165) is 0 Å². The highest BCUT2D eigenvalue weighted by Gasteiger charge is 2.60. The zero-order chi connectivity index (χ0) is 68.1. The van der Waals surface area contributed by atoms with E-state index < -0.39 is 293 Å². The van der Waals surface area contributed by atoms with E-state index in [4.69, 9.17) is 75.8 Å². The van der Waals surface area contributed by atoms with Crippen molar-refractivity contribution < 1.29 is 199 Å². The number of rotatable bonds is 19. The zero-order valence-corrected chi connectivity index (χ0v) is 50.8. The third kappa shape index (κ3) is 18.3. The first-order valence-corrected chi connectivity index (χ1v) is 33.0. The van der Waals surface area contributed by atoms with Crippen LogP contribution in [0.5, 0.6) is 0 Å². The van der Waals surface area contributed by atoms with Crippen LogP contribution in [0.15, 0.2) is 0 Å². The van der Waals surface area contributed by atoms with Gasteiger partial charge in [0.25, 0.3) is 20.2 Å². The fourth-order valence-electron chi connectivity index (χ4n) is 11.8. The molecule has 14 bridgehead atoms. The molecule has 0 amide bonds. The maximum atomic E-state index is 11.9. The van der Waals surface area contributed by atoms with Crippen LogP contribution in [-0.4, -0.2) is 409 Å². The van der Waals surface area contributed by atoms with Crippen molar-refractivity contribution in [1.29, 1.82) is 0 Å². The van der Waals surface area contributed by atoms with E-state index in [-0.39, 0.29) is 38.9 Å². The molecule has 21 aliphatic heterocycles. The summed E-state index contributed by atoms with van der Waals surface area (Å²) in [5, 5.41) is 214. The summed E-state index contributed by atoms with van der Waals surface area (Å²) >= 11 is 0. The van der Waals surface area contributed by atoms with Gasteiger partial charge in [0.15, 0.2) is 44.0 Å². The predicted octanol–water partition coefficient (Wildman–Crippen LogP) is -13.8. The molecule has 21 aliphatic rings. The number of hydrogen-bond donors (Lipinski definition) is 21. The summed E-state index contributed by atoms with van der Waals surface area (Å²) in [4.78, 5) is 0. The Labute approximate surface area is 529 Å². The Hall–Kier alpha value is -1.58. The Kier molecular flexibility index (Phi) is 28.0. The summed E-state index contributed by atoms with van der Waals surface area (Å²) in [6.45, 7) is -7.41. The molecule has 544 valence electrons. The fourth-order valence-corrected chi connectivity index (χ4v) is 12.9. The molecule has 0 saturated carbocycles. The summed E-state index contributed by atoms with van der Waals surface area (Å²) in [5.74, 6) is -1.35. The zero-order valence-electron chi connectivity index (χ0n) is 49.2. The van der Waals surface area contributed by atoms with Crippen LogP contribution < -0.4 is 0 Å². The van der Waals surface area contributed by atoms with Crippen molar-refractivity contribution >= 4 is 20.2 Å². The lowest BCUT2D eigenvalue weighted by atomic mass is 9.95. The third-order valence-electron chi connectivity index (χ3n) is 16.9. The molecule has 0 aromatic rings. The van der Waals surface area contributed by atoms with Gasteiger partial charge in [-0.05, 0) is 25.7 Å². The van der Waals surface area contributed by atoms with Gasteiger partial charge in [0.1, 0.15) is 171 Å². The van der Waals surface area contributed by atoms with Crippen molar-refractivity contribution in [2.24, 2.45) is 0 Å². The highest BCUT2D eigenvalue weighted by Crippen LogP contribution is 2.39. The van der Waals surface area contributed by atoms with Gasteiger partial charge in [-0.15, -0.1) is 0 Å². The number of ether oxygens (including phenoxy) is 16. The van der Waals surface area contributed by atoms with E-state index in [1.54, 1.807) is 0 Å². The maximum absolute atomic E-state index is 11.9. The number of hydrogen-bond acceptors (Lipinski definition) is 39. The normalized spacial score (nSPS) is 48.2. The molecule has 0 radical (unpaired) electrons. The summed E-state index contributed by atoms with van der Waals surface area (Å²) in [6, 6.07) is 0. The van der Waals surface area contributed by atoms with E-state index in [9.17, 15) is 123 Å². The average Bonchev–Trinajstić information content (AvgIpc) is 0.804. The molecule has 0 unspecified atom stereocenters. The molecule has 21 N–H and O–H groups in total. The van der Waals surface area contributed by atoms with Crippen molar-refractivity contribution in [3.8, 4) is 0 Å². The molecule has 43 heteroatoms. The van der Waals surface area contributed by atoms with E-state index in [1.165, 1.54) is 0 Å². The molecule has 0 aromatic heterocycles. The molecule has 0 aliphatic carbocycles. The summed E-state index contributed by atoms with van der Waals surface area (Å²) < 4.78 is 157. The molecule has 0 spiro atoms. The Morgan fingerprint density at radius 1 is 0.247 bits per heavy atom. The Bertz CT molecular complexity index is 2440. The molecule has 21 fully saturated rings. The summed E-state index contributed by atoms with van der Waals surface area (Å²) in [5.41, 5.74) is 0. The van der Waals surface area contributed by atoms with Crippen molar-refractivity contribution in [3.05, 3.63) is 0 Å². The van der Waals surface area contributed by atoms with Gasteiger partial charge in [0.2, 0.25) is 0 Å². The van der Waals surface area contributed by atoms with E-state index in [2.05, 4.69) is 0 Å². The molecular formula is C50H86O41S2. The fraction of sp³-hybridized carbons (Fsp3) is 1.00. The van der Waals surface area contributed by atoms with Crippen molar-refractivity contribution in [2.45, 2.75) is 241 Å². The van der Waals surface area contributed by atoms with E-state index in [1.807, 2.05) is 0 Å². The number of unbranched alkanes of at least 4 members (excludes halogenated alkanes) is 2. The first-order valence-electron chi connectivity index (χ1n) is 29.8. The summed E-state index contributed by atoms with van der Waals surface area (Å²) in [6.07, 6.45) is -72.7. The second kappa shape index (κ2) is 33.7. The Morgan fingerprint density at radius 2 is 0.419 bits per heavy atom. The lowest BCUT2D eigenvalue weighted by Crippen LogP contribution is -2.68. The van der Waals surface area contributed by atoms with Gasteiger partial charge < -0.3 is 173 Å². The molecule has 21 saturated heterocycles. The smallest absolute Gasteiger partial charge is 0.264 e. The van der Waals surface area contributed by atoms with Gasteiger partial charge in [-0.1, -0.05) is 0 Å². The van der Waals surface area contributed by atoms with Crippen molar-refractivity contribution in [1.82, 2.24) is 0 Å². The standard InChI is InChI=1S/C50H86O41S2/c51-9-16-37-23(56)30(63)44(78-16)86-38-17(10-52)80-46(32(65)25(38)58)88-40-19(12-54)82-48(34(67)27(40)60)90-42-21(14-76-5-1-3-7-92(70,71)72)84-50(36(69)29(42)62)91-43-22(15-77-6-2-4-8-93(73,74)75)83-49(35(68)28(43)61)89-41-20(13-55)81-47(33(66)26(41)59)87-39-18(11-53)79-45(85-37)31(64)24(39)57/h16-69H,1-15H2,(H,70,71,72)(H,73,74,75)/t16-,17-,18-,19-,20-,21-,22-,23-,24-,25-,26-,27-,28-,29-,30-,31-,32-,33-,34-,35-,36-,37-,38-,39-,40-,41-,42-,43-,44-,45-,46-,47-,48-,49-,50-/m1/s1. The third-order valence-corrected chi connectivity index (χ3v) is 18.5. The lowest BCUT2D eigenvalue weighted by Gasteiger charge is -2.50. The molecule has 21 heterocycles. The predicted molar refractivity (Wildman–Crippen MR) is 287 cm³/mol. The first kappa shape index (κ1) is 77.2. The minimum Gasteiger partial charge on any atom is -0.394 e. The lowest BCUT2D eigenvalue weighted by molar-refractivity contribution is -0.397.